The molecule has 0 bridgehead atoms. The SMILES string of the molecule is C=CC1Cc2c(Br)ccc(C)c2C1=O. The molecule has 1 nitrogen and oxygen atoms in total. The Morgan fingerprint density at radius 3 is 2.86 bits per heavy atom. The molecule has 1 aliphatic carbocycles. The van der Waals surface area contributed by atoms with Crippen LogP contribution in [0.25, 0.3) is 0 Å². The first-order valence-corrected chi connectivity index (χ1v) is 5.39. The average molecular weight is 251 g/mol. The van der Waals surface area contributed by atoms with Gasteiger partial charge in [-0.15, -0.1) is 6.58 Å². The summed E-state index contributed by atoms with van der Waals surface area (Å²) in [7, 11) is 0. The summed E-state index contributed by atoms with van der Waals surface area (Å²) in [5.74, 6) is 0.191. The summed E-state index contributed by atoms with van der Waals surface area (Å²) in [6.45, 7) is 5.68. The minimum Gasteiger partial charge on any atom is -0.293 e. The molecule has 1 aromatic carbocycles. The van der Waals surface area contributed by atoms with Gasteiger partial charge in [-0.25, -0.2) is 0 Å². The van der Waals surface area contributed by atoms with Crippen molar-refractivity contribution in [2.45, 2.75) is 13.3 Å². The van der Waals surface area contributed by atoms with Crippen LogP contribution in [0.2, 0.25) is 0 Å². The molecule has 0 fully saturated rings. The summed E-state index contributed by atoms with van der Waals surface area (Å²) >= 11 is 3.48. The molecule has 0 heterocycles. The highest BCUT2D eigenvalue weighted by Gasteiger charge is 2.30. The lowest BCUT2D eigenvalue weighted by Crippen LogP contribution is -2.05. The standard InChI is InChI=1S/C12H11BrO/c1-3-8-6-9-10(13)5-4-7(2)11(9)12(8)14/h3-5,8H,1,6H2,2H3. The number of hydrogen-bond acceptors (Lipinski definition) is 1. The minimum absolute atomic E-state index is 0.0256. The largest absolute Gasteiger partial charge is 0.293 e. The van der Waals surface area contributed by atoms with E-state index in [1.807, 2.05) is 19.1 Å². The van der Waals surface area contributed by atoms with E-state index in [9.17, 15) is 4.79 Å². The Bertz CT molecular complexity index is 421. The zero-order valence-corrected chi connectivity index (χ0v) is 9.60. The zero-order chi connectivity index (χ0) is 10.3. The maximum Gasteiger partial charge on any atom is 0.170 e. The van der Waals surface area contributed by atoms with Crippen LogP contribution in [-0.4, -0.2) is 5.78 Å². The summed E-state index contributed by atoms with van der Waals surface area (Å²) in [5.41, 5.74) is 3.10. The molecule has 0 aliphatic heterocycles. The van der Waals surface area contributed by atoms with Crippen molar-refractivity contribution in [3.63, 3.8) is 0 Å². The molecule has 0 N–H and O–H groups in total. The van der Waals surface area contributed by atoms with Gasteiger partial charge in [0.2, 0.25) is 0 Å². The van der Waals surface area contributed by atoms with Crippen molar-refractivity contribution in [2.24, 2.45) is 5.92 Å². The maximum absolute atomic E-state index is 11.9. The van der Waals surface area contributed by atoms with Gasteiger partial charge in [0.15, 0.2) is 5.78 Å². The quantitative estimate of drug-likeness (QED) is 0.700. The van der Waals surface area contributed by atoms with Gasteiger partial charge in [0.25, 0.3) is 0 Å². The lowest BCUT2D eigenvalue weighted by molar-refractivity contribution is 0.0960. The molecule has 1 aromatic rings. The minimum atomic E-state index is -0.0256. The highest BCUT2D eigenvalue weighted by Crippen LogP contribution is 2.34. The fourth-order valence-electron chi connectivity index (χ4n) is 1.97. The monoisotopic (exact) mass is 250 g/mol. The van der Waals surface area contributed by atoms with Crippen molar-refractivity contribution < 1.29 is 4.79 Å². The molecule has 0 aromatic heterocycles. The summed E-state index contributed by atoms with van der Waals surface area (Å²) in [6, 6.07) is 3.99. The van der Waals surface area contributed by atoms with E-state index in [0.717, 1.165) is 27.6 Å². The van der Waals surface area contributed by atoms with E-state index in [1.54, 1.807) is 6.08 Å². The predicted molar refractivity (Wildman–Crippen MR) is 60.6 cm³/mol. The van der Waals surface area contributed by atoms with Crippen molar-refractivity contribution in [1.82, 2.24) is 0 Å². The maximum atomic E-state index is 11.9. The van der Waals surface area contributed by atoms with Crippen molar-refractivity contribution in [3.8, 4) is 0 Å². The van der Waals surface area contributed by atoms with Crippen LogP contribution in [-0.2, 0) is 6.42 Å². The number of halogens is 1. The Labute approximate surface area is 92.0 Å². The van der Waals surface area contributed by atoms with E-state index >= 15 is 0 Å². The first kappa shape index (κ1) is 9.66. The van der Waals surface area contributed by atoms with Crippen molar-refractivity contribution in [2.75, 3.05) is 0 Å². The van der Waals surface area contributed by atoms with Gasteiger partial charge in [0.1, 0.15) is 0 Å². The Morgan fingerprint density at radius 2 is 2.29 bits per heavy atom. The van der Waals surface area contributed by atoms with E-state index in [0.29, 0.717) is 0 Å². The van der Waals surface area contributed by atoms with E-state index in [4.69, 9.17) is 0 Å². The summed E-state index contributed by atoms with van der Waals surface area (Å²) < 4.78 is 1.04. The van der Waals surface area contributed by atoms with Gasteiger partial charge in [-0.05, 0) is 30.5 Å². The number of rotatable bonds is 1. The van der Waals surface area contributed by atoms with Gasteiger partial charge in [-0.2, -0.15) is 0 Å². The van der Waals surface area contributed by atoms with Gasteiger partial charge >= 0.3 is 0 Å². The molecule has 14 heavy (non-hydrogen) atoms. The van der Waals surface area contributed by atoms with E-state index in [1.165, 1.54) is 0 Å². The Kier molecular flexibility index (Phi) is 2.31. The molecule has 1 unspecified atom stereocenters. The van der Waals surface area contributed by atoms with E-state index in [2.05, 4.69) is 22.5 Å². The lowest BCUT2D eigenvalue weighted by Gasteiger charge is -2.03. The second kappa shape index (κ2) is 3.35. The third-order valence-electron chi connectivity index (χ3n) is 2.76. The molecular weight excluding hydrogens is 240 g/mol. The highest BCUT2D eigenvalue weighted by molar-refractivity contribution is 9.10. The molecule has 0 amide bonds. The molecule has 0 spiro atoms. The number of fused-ring (bicyclic) bond motifs is 1. The summed E-state index contributed by atoms with van der Waals surface area (Å²) in [4.78, 5) is 11.9. The van der Waals surface area contributed by atoms with Crippen LogP contribution in [0, 0.1) is 12.8 Å². The number of hydrogen-bond donors (Lipinski definition) is 0. The van der Waals surface area contributed by atoms with Gasteiger partial charge < -0.3 is 0 Å². The number of ketones is 1. The predicted octanol–water partition coefficient (Wildman–Crippen LogP) is 3.30. The molecule has 2 rings (SSSR count). The number of allylic oxidation sites excluding steroid dienone is 1. The van der Waals surface area contributed by atoms with E-state index < -0.39 is 0 Å². The zero-order valence-electron chi connectivity index (χ0n) is 8.01. The van der Waals surface area contributed by atoms with Crippen LogP contribution < -0.4 is 0 Å². The second-order valence-corrected chi connectivity index (χ2v) is 4.48. The van der Waals surface area contributed by atoms with Gasteiger partial charge in [-0.1, -0.05) is 28.1 Å². The smallest absolute Gasteiger partial charge is 0.170 e. The second-order valence-electron chi connectivity index (χ2n) is 3.63. The molecule has 72 valence electrons. The van der Waals surface area contributed by atoms with Crippen LogP contribution in [0.15, 0.2) is 29.3 Å². The van der Waals surface area contributed by atoms with Gasteiger partial charge in [0, 0.05) is 16.0 Å². The topological polar surface area (TPSA) is 17.1 Å². The fraction of sp³-hybridized carbons (Fsp3) is 0.250. The molecule has 0 saturated carbocycles. The first-order chi connectivity index (χ1) is 6.65. The third kappa shape index (κ3) is 1.25. The van der Waals surface area contributed by atoms with Crippen molar-refractivity contribution in [3.05, 3.63) is 46.0 Å². The fourth-order valence-corrected chi connectivity index (χ4v) is 2.46. The molecule has 1 atom stereocenters. The summed E-state index contributed by atoms with van der Waals surface area (Å²) in [5, 5.41) is 0. The number of carbonyl (C=O) groups excluding carboxylic acids is 1. The highest BCUT2D eigenvalue weighted by atomic mass is 79.9. The number of benzene rings is 1. The van der Waals surface area contributed by atoms with Crippen LogP contribution in [0.3, 0.4) is 0 Å². The van der Waals surface area contributed by atoms with E-state index in [-0.39, 0.29) is 11.7 Å². The van der Waals surface area contributed by atoms with Crippen LogP contribution in [0.4, 0.5) is 0 Å². The van der Waals surface area contributed by atoms with Crippen LogP contribution in [0.1, 0.15) is 21.5 Å². The molecule has 2 heteroatoms. The molecule has 1 aliphatic rings. The Balaban J connectivity index is 2.63. The molecular formula is C12H11BrO. The van der Waals surface area contributed by atoms with Gasteiger partial charge in [-0.3, -0.25) is 4.79 Å². The number of Topliss-reactive ketones (excluding diaryl/α,β-unsaturated/α-hetero) is 1. The number of aryl methyl sites for hydroxylation is 1. The van der Waals surface area contributed by atoms with Gasteiger partial charge in [0.05, 0.1) is 0 Å². The van der Waals surface area contributed by atoms with Crippen LogP contribution >= 0.6 is 15.9 Å². The van der Waals surface area contributed by atoms with Crippen molar-refractivity contribution in [1.29, 1.82) is 0 Å². The Morgan fingerprint density at radius 1 is 1.57 bits per heavy atom. The van der Waals surface area contributed by atoms with Crippen molar-refractivity contribution >= 4 is 21.7 Å². The normalized spacial score (nSPS) is 19.6. The molecule has 0 saturated heterocycles. The lowest BCUT2D eigenvalue weighted by atomic mass is 10.0. The molecule has 0 radical (unpaired) electrons. The first-order valence-electron chi connectivity index (χ1n) is 4.60. The average Bonchev–Trinajstić information content (AvgIpc) is 2.51. The Hall–Kier alpha value is -0.890. The summed E-state index contributed by atoms with van der Waals surface area (Å²) in [6.07, 6.45) is 2.54. The number of carbonyl (C=O) groups is 1. The third-order valence-corrected chi connectivity index (χ3v) is 3.50. The van der Waals surface area contributed by atoms with Crippen LogP contribution in [0.5, 0.6) is 0 Å².